The molecular weight excluding hydrogens is 935 g/mol. The van der Waals surface area contributed by atoms with Crippen molar-refractivity contribution in [2.24, 2.45) is 0 Å². The third-order valence-corrected chi connectivity index (χ3v) is 12.9. The van der Waals surface area contributed by atoms with Crippen molar-refractivity contribution in [3.05, 3.63) is 146 Å². The van der Waals surface area contributed by atoms with Crippen molar-refractivity contribution in [2.75, 3.05) is 13.2 Å². The Morgan fingerprint density at radius 3 is 1.28 bits per heavy atom. The minimum atomic E-state index is -1.58. The summed E-state index contributed by atoms with van der Waals surface area (Å²) in [5, 5.41) is 54.3. The van der Waals surface area contributed by atoms with Gasteiger partial charge in [0.1, 0.15) is 24.4 Å². The van der Waals surface area contributed by atoms with Gasteiger partial charge in [-0.1, -0.05) is 230 Å². The van der Waals surface area contributed by atoms with Crippen molar-refractivity contribution < 1.29 is 39.8 Å². The van der Waals surface area contributed by atoms with Crippen LogP contribution in [0.15, 0.2) is 146 Å². The van der Waals surface area contributed by atoms with Crippen molar-refractivity contribution in [2.45, 2.75) is 249 Å². The molecule has 9 heteroatoms. The van der Waals surface area contributed by atoms with Crippen LogP contribution in [0.4, 0.5) is 0 Å². The number of aliphatic hydroxyl groups excluding tert-OH is 5. The predicted octanol–water partition coefficient (Wildman–Crippen LogP) is 15.1. The summed E-state index contributed by atoms with van der Waals surface area (Å²) in [6.45, 7) is 3.58. The maximum atomic E-state index is 13.0. The van der Waals surface area contributed by atoms with E-state index in [9.17, 15) is 30.3 Å². The number of ether oxygens (including phenoxy) is 2. The molecule has 1 saturated heterocycles. The number of aliphatic hydroxyl groups is 5. The summed E-state index contributed by atoms with van der Waals surface area (Å²) in [4.78, 5) is 13.0. The summed E-state index contributed by atoms with van der Waals surface area (Å²) in [6, 6.07) is -0.839. The molecular formula is C66H107NO8. The Labute approximate surface area is 457 Å². The summed E-state index contributed by atoms with van der Waals surface area (Å²) in [6.07, 6.45) is 76.4. The Morgan fingerprint density at radius 1 is 0.467 bits per heavy atom. The average Bonchev–Trinajstić information content (AvgIpc) is 3.41. The third-order valence-electron chi connectivity index (χ3n) is 12.9. The zero-order valence-corrected chi connectivity index (χ0v) is 47.0. The molecule has 0 saturated carbocycles. The molecule has 1 aliphatic rings. The fourth-order valence-electron chi connectivity index (χ4n) is 8.24. The predicted molar refractivity (Wildman–Crippen MR) is 317 cm³/mol. The minimum Gasteiger partial charge on any atom is -0.394 e. The highest BCUT2D eigenvalue weighted by molar-refractivity contribution is 5.76. The van der Waals surface area contributed by atoms with E-state index < -0.39 is 49.5 Å². The molecule has 75 heavy (non-hydrogen) atoms. The largest absolute Gasteiger partial charge is 0.394 e. The molecule has 1 heterocycles. The lowest BCUT2D eigenvalue weighted by Gasteiger charge is -2.40. The summed E-state index contributed by atoms with van der Waals surface area (Å²) >= 11 is 0. The van der Waals surface area contributed by atoms with Gasteiger partial charge in [-0.15, -0.1) is 0 Å². The zero-order valence-electron chi connectivity index (χ0n) is 47.0. The maximum absolute atomic E-state index is 13.0. The van der Waals surface area contributed by atoms with Gasteiger partial charge in [-0.05, 0) is 116 Å². The van der Waals surface area contributed by atoms with Crippen molar-refractivity contribution in [3.8, 4) is 0 Å². The first-order chi connectivity index (χ1) is 36.8. The smallest absolute Gasteiger partial charge is 0.220 e. The second-order valence-corrected chi connectivity index (χ2v) is 19.7. The number of carbonyl (C=O) groups excluding carboxylic acids is 1. The van der Waals surface area contributed by atoms with Gasteiger partial charge >= 0.3 is 0 Å². The first-order valence-electron chi connectivity index (χ1n) is 29.6. The second kappa shape index (κ2) is 53.5. The van der Waals surface area contributed by atoms with Crippen LogP contribution in [0, 0.1) is 0 Å². The molecule has 9 nitrogen and oxygen atoms in total. The molecule has 1 amide bonds. The Hall–Kier alpha value is -3.93. The van der Waals surface area contributed by atoms with Gasteiger partial charge in [0.15, 0.2) is 6.29 Å². The van der Waals surface area contributed by atoms with Crippen LogP contribution in [-0.4, -0.2) is 87.5 Å². The Bertz CT molecular complexity index is 1680. The van der Waals surface area contributed by atoms with Crippen LogP contribution in [0.5, 0.6) is 0 Å². The molecule has 0 aliphatic carbocycles. The van der Waals surface area contributed by atoms with Crippen LogP contribution < -0.4 is 5.32 Å². The normalized spacial score (nSPS) is 20.0. The fraction of sp³-hybridized carbons (Fsp3) is 0.621. The van der Waals surface area contributed by atoms with E-state index in [0.29, 0.717) is 6.42 Å². The first kappa shape index (κ1) is 69.1. The zero-order chi connectivity index (χ0) is 54.3. The number of rotatable bonds is 48. The molecule has 0 bridgehead atoms. The van der Waals surface area contributed by atoms with Crippen molar-refractivity contribution in [3.63, 3.8) is 0 Å². The lowest BCUT2D eigenvalue weighted by molar-refractivity contribution is -0.302. The Morgan fingerprint density at radius 2 is 0.840 bits per heavy atom. The third kappa shape index (κ3) is 42.8. The van der Waals surface area contributed by atoms with E-state index in [4.69, 9.17) is 9.47 Å². The highest BCUT2D eigenvalue weighted by Gasteiger charge is 2.44. The SMILES string of the molecule is CC/C=C\C/C=C\C/C=C\C/C=C\C/C=C\C/C=C\C/C=C\C/C=C\C/C=C\CCCCCCCCCCCCCC(=O)NC(COC1OC(CO)C(O)C(O)C1O)C(O)/C=C/CC/C=C/CC/C=C/CCCCC. The number of allylic oxidation sites excluding steroid dienone is 23. The van der Waals surface area contributed by atoms with Crippen LogP contribution in [0.1, 0.15) is 206 Å². The van der Waals surface area contributed by atoms with Crippen LogP contribution in [0.2, 0.25) is 0 Å². The summed E-state index contributed by atoms with van der Waals surface area (Å²) in [7, 11) is 0. The van der Waals surface area contributed by atoms with Gasteiger partial charge < -0.3 is 40.3 Å². The number of nitrogens with one attached hydrogen (secondary N) is 1. The summed E-state index contributed by atoms with van der Waals surface area (Å²) in [5.74, 6) is -0.202. The maximum Gasteiger partial charge on any atom is 0.220 e. The monoisotopic (exact) mass is 1040 g/mol. The van der Waals surface area contributed by atoms with Gasteiger partial charge in [0, 0.05) is 6.42 Å². The molecule has 1 aliphatic heterocycles. The molecule has 7 atom stereocenters. The van der Waals surface area contributed by atoms with E-state index in [1.54, 1.807) is 6.08 Å². The first-order valence-corrected chi connectivity index (χ1v) is 29.6. The molecule has 0 aromatic rings. The molecule has 0 radical (unpaired) electrons. The Kier molecular flexibility index (Phi) is 49.2. The lowest BCUT2D eigenvalue weighted by Crippen LogP contribution is -2.60. The van der Waals surface area contributed by atoms with E-state index in [-0.39, 0.29) is 12.5 Å². The summed E-state index contributed by atoms with van der Waals surface area (Å²) in [5.41, 5.74) is 0. The van der Waals surface area contributed by atoms with E-state index in [1.807, 2.05) is 6.08 Å². The standard InChI is InChI=1S/C66H107NO8/c1-3-5-7-9-11-13-15-17-18-19-20-21-22-23-24-25-26-27-28-29-30-31-32-33-34-35-36-37-38-39-40-41-42-44-46-48-50-52-54-56-62(70)67-59(58-74-66-65(73)64(72)63(71)61(57-68)75-66)60(69)55-53-51-49-47-45-43-16-14-12-10-8-6-4-2/h5,7,11-14,17-18,20-21,23-24,26-27,29-30,32-33,35-36,45,47,53,55,59-61,63-66,68-69,71-73H,3-4,6,8-10,15-16,19,22,25,28,31,34,37-44,46,48-52,54,56-58H2,1-2H3,(H,67,70)/b7-5-,13-11-,14-12+,18-17-,21-20-,24-23-,27-26-,30-29-,33-32-,36-35-,47-45+,55-53+. The number of unbranched alkanes of at least 4 members (excludes halogenated alkanes) is 16. The molecule has 1 rings (SSSR count). The van der Waals surface area contributed by atoms with Crippen LogP contribution >= 0.6 is 0 Å². The van der Waals surface area contributed by atoms with Gasteiger partial charge in [-0.3, -0.25) is 4.79 Å². The quantitative estimate of drug-likeness (QED) is 0.0261. The van der Waals surface area contributed by atoms with Gasteiger partial charge in [0.05, 0.1) is 25.4 Å². The molecule has 0 aromatic heterocycles. The molecule has 7 unspecified atom stereocenters. The molecule has 6 N–H and O–H groups in total. The van der Waals surface area contributed by atoms with E-state index >= 15 is 0 Å². The highest BCUT2D eigenvalue weighted by atomic mass is 16.7. The number of amides is 1. The van der Waals surface area contributed by atoms with Crippen LogP contribution in [-0.2, 0) is 14.3 Å². The van der Waals surface area contributed by atoms with Crippen molar-refractivity contribution >= 4 is 5.91 Å². The Balaban J connectivity index is 2.15. The van der Waals surface area contributed by atoms with Gasteiger partial charge in [0.25, 0.3) is 0 Å². The van der Waals surface area contributed by atoms with Crippen molar-refractivity contribution in [1.29, 1.82) is 0 Å². The fourth-order valence-corrected chi connectivity index (χ4v) is 8.24. The van der Waals surface area contributed by atoms with E-state index in [1.165, 1.54) is 64.2 Å². The second-order valence-electron chi connectivity index (χ2n) is 19.7. The van der Waals surface area contributed by atoms with Crippen LogP contribution in [0.25, 0.3) is 0 Å². The molecule has 0 aromatic carbocycles. The topological polar surface area (TPSA) is 149 Å². The lowest BCUT2D eigenvalue weighted by atomic mass is 9.99. The van der Waals surface area contributed by atoms with Gasteiger partial charge in [-0.2, -0.15) is 0 Å². The van der Waals surface area contributed by atoms with E-state index in [2.05, 4.69) is 153 Å². The number of hydrogen-bond donors (Lipinski definition) is 6. The van der Waals surface area contributed by atoms with E-state index in [0.717, 1.165) is 122 Å². The number of carbonyl (C=O) groups is 1. The van der Waals surface area contributed by atoms with Crippen molar-refractivity contribution in [1.82, 2.24) is 5.32 Å². The summed E-state index contributed by atoms with van der Waals surface area (Å²) < 4.78 is 11.2. The minimum absolute atomic E-state index is 0.202. The molecule has 0 spiro atoms. The highest BCUT2D eigenvalue weighted by Crippen LogP contribution is 2.23. The molecule has 424 valence electrons. The van der Waals surface area contributed by atoms with Crippen LogP contribution in [0.3, 0.4) is 0 Å². The number of hydrogen-bond acceptors (Lipinski definition) is 8. The average molecular weight is 1040 g/mol. The molecule has 1 fully saturated rings. The van der Waals surface area contributed by atoms with Gasteiger partial charge in [-0.25, -0.2) is 0 Å². The van der Waals surface area contributed by atoms with Gasteiger partial charge in [0.2, 0.25) is 5.91 Å².